The van der Waals surface area contributed by atoms with Crippen LogP contribution >= 0.6 is 35.6 Å². The predicted molar refractivity (Wildman–Crippen MR) is 101 cm³/mol. The van der Waals surface area contributed by atoms with Crippen LogP contribution in [0.5, 0.6) is 0 Å². The number of hydrogen-bond donors (Lipinski definition) is 3. The lowest BCUT2D eigenvalue weighted by Gasteiger charge is -2.22. The first-order chi connectivity index (χ1) is 11.4. The molecule has 1 rings (SSSR count). The number of anilines is 1. The standard InChI is InChI=1S/C15H20Cl2N4O3.ClH/c1-2-5-21(15(24)8-19-13(22)7-18)9-14(23)20-12-6-10(16)3-4-11(12)17;/h3-4,6H,2,5,7-9,18H2,1H3,(H,19,22)(H,20,23);1H. The Morgan fingerprint density at radius 2 is 1.88 bits per heavy atom. The minimum Gasteiger partial charge on any atom is -0.346 e. The van der Waals surface area contributed by atoms with Crippen molar-refractivity contribution in [3.63, 3.8) is 0 Å². The summed E-state index contributed by atoms with van der Waals surface area (Å²) in [5, 5.41) is 5.77. The van der Waals surface area contributed by atoms with Crippen LogP contribution in [-0.4, -0.2) is 48.8 Å². The van der Waals surface area contributed by atoms with Gasteiger partial charge in [-0.2, -0.15) is 0 Å². The van der Waals surface area contributed by atoms with Crippen molar-refractivity contribution < 1.29 is 14.4 Å². The summed E-state index contributed by atoms with van der Waals surface area (Å²) >= 11 is 11.9. The van der Waals surface area contributed by atoms with Gasteiger partial charge in [-0.15, -0.1) is 12.4 Å². The molecular formula is C15H21Cl3N4O3. The summed E-state index contributed by atoms with van der Waals surface area (Å²) in [5.41, 5.74) is 5.53. The predicted octanol–water partition coefficient (Wildman–Crippen LogP) is 1.67. The molecule has 0 aliphatic carbocycles. The Morgan fingerprint density at radius 3 is 2.48 bits per heavy atom. The number of benzene rings is 1. The first-order valence-electron chi connectivity index (χ1n) is 7.36. The van der Waals surface area contributed by atoms with Crippen LogP contribution in [0.2, 0.25) is 10.0 Å². The quantitative estimate of drug-likeness (QED) is 0.605. The summed E-state index contributed by atoms with van der Waals surface area (Å²) in [6, 6.07) is 4.69. The molecule has 0 aromatic heterocycles. The van der Waals surface area contributed by atoms with Crippen molar-refractivity contribution in [2.24, 2.45) is 5.73 Å². The number of nitrogens with zero attached hydrogens (tertiary/aromatic N) is 1. The summed E-state index contributed by atoms with van der Waals surface area (Å²) in [7, 11) is 0. The molecule has 7 nitrogen and oxygen atoms in total. The van der Waals surface area contributed by atoms with Crippen molar-refractivity contribution in [3.05, 3.63) is 28.2 Å². The maximum Gasteiger partial charge on any atom is 0.244 e. The zero-order valence-electron chi connectivity index (χ0n) is 13.7. The van der Waals surface area contributed by atoms with Gasteiger partial charge >= 0.3 is 0 Å². The number of carbonyl (C=O) groups excluding carboxylic acids is 3. The maximum absolute atomic E-state index is 12.1. The molecule has 0 radical (unpaired) electrons. The van der Waals surface area contributed by atoms with E-state index >= 15 is 0 Å². The number of carbonyl (C=O) groups is 3. The second-order valence-corrected chi connectivity index (χ2v) is 5.81. The molecule has 25 heavy (non-hydrogen) atoms. The van der Waals surface area contributed by atoms with Gasteiger partial charge in [0.25, 0.3) is 0 Å². The zero-order chi connectivity index (χ0) is 18.1. The summed E-state index contributed by atoms with van der Waals surface area (Å²) < 4.78 is 0. The van der Waals surface area contributed by atoms with Crippen LogP contribution in [0.25, 0.3) is 0 Å². The molecular weight excluding hydrogens is 391 g/mol. The molecule has 0 aliphatic heterocycles. The smallest absolute Gasteiger partial charge is 0.244 e. The minimum atomic E-state index is -0.435. The molecule has 1 aromatic carbocycles. The van der Waals surface area contributed by atoms with Gasteiger partial charge in [-0.3, -0.25) is 14.4 Å². The minimum absolute atomic E-state index is 0. The van der Waals surface area contributed by atoms with Gasteiger partial charge in [-0.25, -0.2) is 0 Å². The molecule has 0 fully saturated rings. The molecule has 0 atom stereocenters. The van der Waals surface area contributed by atoms with Crippen LogP contribution in [-0.2, 0) is 14.4 Å². The fourth-order valence-electron chi connectivity index (χ4n) is 1.88. The van der Waals surface area contributed by atoms with E-state index in [0.717, 1.165) is 0 Å². The van der Waals surface area contributed by atoms with Crippen molar-refractivity contribution >= 4 is 59.0 Å². The van der Waals surface area contributed by atoms with Crippen molar-refractivity contribution in [1.29, 1.82) is 0 Å². The van der Waals surface area contributed by atoms with Crippen LogP contribution in [0.3, 0.4) is 0 Å². The second kappa shape index (κ2) is 11.9. The Morgan fingerprint density at radius 1 is 1.20 bits per heavy atom. The van der Waals surface area contributed by atoms with Crippen LogP contribution in [0.15, 0.2) is 18.2 Å². The van der Waals surface area contributed by atoms with Gasteiger partial charge in [0.1, 0.15) is 0 Å². The number of halogens is 3. The molecule has 0 unspecified atom stereocenters. The zero-order valence-corrected chi connectivity index (χ0v) is 16.0. The normalized spacial score (nSPS) is 9.76. The van der Waals surface area contributed by atoms with E-state index in [-0.39, 0.29) is 37.9 Å². The Labute approximate surface area is 162 Å². The van der Waals surface area contributed by atoms with Gasteiger partial charge in [-0.1, -0.05) is 30.1 Å². The second-order valence-electron chi connectivity index (χ2n) is 4.97. The van der Waals surface area contributed by atoms with Gasteiger partial charge in [-0.05, 0) is 24.6 Å². The van der Waals surface area contributed by atoms with E-state index in [1.807, 2.05) is 6.92 Å². The van der Waals surface area contributed by atoms with Gasteiger partial charge in [0, 0.05) is 11.6 Å². The Kier molecular flexibility index (Phi) is 11.2. The highest BCUT2D eigenvalue weighted by molar-refractivity contribution is 6.35. The third-order valence-corrected chi connectivity index (χ3v) is 3.57. The first kappa shape index (κ1) is 23.5. The lowest BCUT2D eigenvalue weighted by molar-refractivity contribution is -0.135. The van der Waals surface area contributed by atoms with Gasteiger partial charge in [0.15, 0.2) is 0 Å². The van der Waals surface area contributed by atoms with Crippen LogP contribution in [0.1, 0.15) is 13.3 Å². The molecule has 10 heteroatoms. The lowest BCUT2D eigenvalue weighted by Crippen LogP contribution is -2.45. The average molecular weight is 412 g/mol. The van der Waals surface area contributed by atoms with E-state index < -0.39 is 11.8 Å². The van der Waals surface area contributed by atoms with E-state index in [1.165, 1.54) is 11.0 Å². The molecule has 0 saturated heterocycles. The Balaban J connectivity index is 0.00000576. The van der Waals surface area contributed by atoms with E-state index in [2.05, 4.69) is 10.6 Å². The highest BCUT2D eigenvalue weighted by Gasteiger charge is 2.17. The fourth-order valence-corrected chi connectivity index (χ4v) is 2.21. The largest absolute Gasteiger partial charge is 0.346 e. The molecule has 0 spiro atoms. The molecule has 1 aromatic rings. The monoisotopic (exact) mass is 410 g/mol. The molecule has 0 aliphatic rings. The lowest BCUT2D eigenvalue weighted by atomic mass is 10.3. The summed E-state index contributed by atoms with van der Waals surface area (Å²) in [5.74, 6) is -1.22. The maximum atomic E-state index is 12.1. The SMILES string of the molecule is CCCN(CC(=O)Nc1cc(Cl)ccc1Cl)C(=O)CNC(=O)CN.Cl. The van der Waals surface area contributed by atoms with Crippen LogP contribution in [0, 0.1) is 0 Å². The van der Waals surface area contributed by atoms with E-state index in [0.29, 0.717) is 28.7 Å². The van der Waals surface area contributed by atoms with Crippen molar-refractivity contribution in [2.75, 3.05) is 31.5 Å². The Bertz CT molecular complexity index is 614. The average Bonchev–Trinajstić information content (AvgIpc) is 2.55. The van der Waals surface area contributed by atoms with Crippen LogP contribution in [0.4, 0.5) is 5.69 Å². The number of nitrogens with two attached hydrogens (primary N) is 1. The number of hydrogen-bond acceptors (Lipinski definition) is 4. The molecule has 0 saturated carbocycles. The highest BCUT2D eigenvalue weighted by atomic mass is 35.5. The van der Waals surface area contributed by atoms with Gasteiger partial charge < -0.3 is 21.3 Å². The first-order valence-corrected chi connectivity index (χ1v) is 8.12. The molecule has 0 heterocycles. The van der Waals surface area contributed by atoms with Crippen molar-refractivity contribution in [2.45, 2.75) is 13.3 Å². The summed E-state index contributed by atoms with van der Waals surface area (Å²) in [6.45, 7) is 1.70. The Hall–Kier alpha value is -1.54. The van der Waals surface area contributed by atoms with E-state index in [1.54, 1.807) is 12.1 Å². The number of amides is 3. The van der Waals surface area contributed by atoms with E-state index in [9.17, 15) is 14.4 Å². The highest BCUT2D eigenvalue weighted by Crippen LogP contribution is 2.25. The summed E-state index contributed by atoms with van der Waals surface area (Å²) in [4.78, 5) is 36.7. The van der Waals surface area contributed by atoms with Crippen LogP contribution < -0.4 is 16.4 Å². The molecule has 0 bridgehead atoms. The van der Waals surface area contributed by atoms with Crippen molar-refractivity contribution in [1.82, 2.24) is 10.2 Å². The number of rotatable bonds is 8. The topological polar surface area (TPSA) is 105 Å². The molecule has 4 N–H and O–H groups in total. The van der Waals surface area contributed by atoms with E-state index in [4.69, 9.17) is 28.9 Å². The third-order valence-electron chi connectivity index (χ3n) is 3.01. The summed E-state index contributed by atoms with van der Waals surface area (Å²) in [6.07, 6.45) is 0.668. The molecule has 3 amide bonds. The van der Waals surface area contributed by atoms with Gasteiger partial charge in [0.2, 0.25) is 17.7 Å². The number of nitrogens with one attached hydrogen (secondary N) is 2. The fraction of sp³-hybridized carbons (Fsp3) is 0.400. The molecule has 140 valence electrons. The van der Waals surface area contributed by atoms with Crippen molar-refractivity contribution in [3.8, 4) is 0 Å². The van der Waals surface area contributed by atoms with Gasteiger partial charge in [0.05, 0.1) is 30.3 Å². The third kappa shape index (κ3) is 8.40.